The van der Waals surface area contributed by atoms with Crippen molar-refractivity contribution < 1.29 is 4.39 Å². The molecule has 0 unspecified atom stereocenters. The molecule has 0 aliphatic heterocycles. The lowest BCUT2D eigenvalue weighted by Crippen LogP contribution is -2.05. The third-order valence-corrected chi connectivity index (χ3v) is 4.95. The summed E-state index contributed by atoms with van der Waals surface area (Å²) >= 11 is 0. The third-order valence-electron chi connectivity index (χ3n) is 4.95. The number of hydrogen-bond donors (Lipinski definition) is 2. The van der Waals surface area contributed by atoms with Crippen molar-refractivity contribution >= 4 is 11.5 Å². The van der Waals surface area contributed by atoms with Gasteiger partial charge in [-0.2, -0.15) is 5.10 Å². The molecular formula is C21H19FN8. The molecule has 0 radical (unpaired) electrons. The maximum absolute atomic E-state index is 13.5. The van der Waals surface area contributed by atoms with Gasteiger partial charge in [0.2, 0.25) is 0 Å². The Balaban J connectivity index is 1.61. The predicted molar refractivity (Wildman–Crippen MR) is 111 cm³/mol. The van der Waals surface area contributed by atoms with Gasteiger partial charge in [0.05, 0.1) is 30.2 Å². The molecule has 0 saturated carbocycles. The largest absolute Gasteiger partial charge is 0.372 e. The smallest absolute Gasteiger partial charge is 0.156 e. The van der Waals surface area contributed by atoms with Crippen LogP contribution in [0.1, 0.15) is 5.69 Å². The molecule has 5 rings (SSSR count). The first kappa shape index (κ1) is 18.0. The van der Waals surface area contributed by atoms with E-state index in [1.54, 1.807) is 29.3 Å². The molecule has 0 saturated heterocycles. The minimum Gasteiger partial charge on any atom is -0.372 e. The van der Waals surface area contributed by atoms with E-state index < -0.39 is 0 Å². The predicted octanol–water partition coefficient (Wildman–Crippen LogP) is 3.41. The minimum atomic E-state index is -0.281. The SMILES string of the molecule is CNc1cn2nc(-c3c(-c4ccc(F)cc4)ncn3CCc3cnc[nH]3)ccc2n1. The van der Waals surface area contributed by atoms with E-state index in [0.29, 0.717) is 6.54 Å². The number of aryl methyl sites for hydroxylation is 2. The van der Waals surface area contributed by atoms with Gasteiger partial charge in [-0.1, -0.05) is 0 Å². The molecule has 0 fully saturated rings. The molecule has 8 nitrogen and oxygen atoms in total. The fourth-order valence-electron chi connectivity index (χ4n) is 3.43. The van der Waals surface area contributed by atoms with Gasteiger partial charge in [-0.25, -0.2) is 23.9 Å². The second-order valence-electron chi connectivity index (χ2n) is 6.87. The second kappa shape index (κ2) is 7.43. The van der Waals surface area contributed by atoms with E-state index >= 15 is 0 Å². The standard InChI is InChI=1S/C21H19FN8/c1-23-18-11-30-19(27-18)7-6-17(28-30)21-20(14-2-4-15(22)5-3-14)26-13-29(21)9-8-16-10-24-12-25-16/h2-7,10-13,23H,8-9H2,1H3,(H,24,25). The van der Waals surface area contributed by atoms with Gasteiger partial charge in [-0.15, -0.1) is 0 Å². The zero-order valence-electron chi connectivity index (χ0n) is 16.2. The number of anilines is 1. The van der Waals surface area contributed by atoms with Crippen LogP contribution in [0.3, 0.4) is 0 Å². The minimum absolute atomic E-state index is 0.281. The third kappa shape index (κ3) is 3.30. The van der Waals surface area contributed by atoms with Gasteiger partial charge in [0.1, 0.15) is 17.3 Å². The number of aromatic nitrogens is 7. The van der Waals surface area contributed by atoms with Crippen LogP contribution < -0.4 is 5.32 Å². The summed E-state index contributed by atoms with van der Waals surface area (Å²) in [6.07, 6.45) is 7.88. The Labute approximate surface area is 171 Å². The monoisotopic (exact) mass is 402 g/mol. The summed E-state index contributed by atoms with van der Waals surface area (Å²) < 4.78 is 17.3. The van der Waals surface area contributed by atoms with Crippen LogP contribution in [-0.4, -0.2) is 41.2 Å². The Morgan fingerprint density at radius 2 is 2.00 bits per heavy atom. The quantitative estimate of drug-likeness (QED) is 0.454. The van der Waals surface area contributed by atoms with E-state index in [4.69, 9.17) is 5.10 Å². The molecule has 0 aliphatic carbocycles. The van der Waals surface area contributed by atoms with E-state index in [1.807, 2.05) is 31.6 Å². The molecule has 0 aliphatic rings. The summed E-state index contributed by atoms with van der Waals surface area (Å²) in [6.45, 7) is 0.692. The Morgan fingerprint density at radius 1 is 1.13 bits per heavy atom. The van der Waals surface area contributed by atoms with Crippen molar-refractivity contribution in [2.75, 3.05) is 12.4 Å². The van der Waals surface area contributed by atoms with Gasteiger partial charge in [0.15, 0.2) is 5.65 Å². The summed E-state index contributed by atoms with van der Waals surface area (Å²) in [5, 5.41) is 7.78. The van der Waals surface area contributed by atoms with Gasteiger partial charge < -0.3 is 14.9 Å². The van der Waals surface area contributed by atoms with Crippen molar-refractivity contribution in [2.45, 2.75) is 13.0 Å². The zero-order valence-corrected chi connectivity index (χ0v) is 16.2. The van der Waals surface area contributed by atoms with E-state index in [-0.39, 0.29) is 5.82 Å². The number of halogens is 1. The van der Waals surface area contributed by atoms with Gasteiger partial charge >= 0.3 is 0 Å². The molecule has 4 aromatic heterocycles. The van der Waals surface area contributed by atoms with Gasteiger partial charge in [0, 0.05) is 37.5 Å². The molecule has 5 aromatic rings. The lowest BCUT2D eigenvalue weighted by Gasteiger charge is -2.10. The fraction of sp³-hybridized carbons (Fsp3) is 0.143. The molecule has 1 aromatic carbocycles. The molecule has 0 amide bonds. The zero-order chi connectivity index (χ0) is 20.5. The van der Waals surface area contributed by atoms with E-state index in [9.17, 15) is 4.39 Å². The number of aromatic amines is 1. The van der Waals surface area contributed by atoms with E-state index in [2.05, 4.69) is 29.8 Å². The van der Waals surface area contributed by atoms with E-state index in [0.717, 1.165) is 46.2 Å². The van der Waals surface area contributed by atoms with Crippen molar-refractivity contribution in [2.24, 2.45) is 0 Å². The summed E-state index contributed by atoms with van der Waals surface area (Å²) in [7, 11) is 1.82. The van der Waals surface area contributed by atoms with Crippen LogP contribution >= 0.6 is 0 Å². The Morgan fingerprint density at radius 3 is 2.77 bits per heavy atom. The lowest BCUT2D eigenvalue weighted by molar-refractivity contribution is 0.628. The van der Waals surface area contributed by atoms with Crippen LogP contribution in [0.15, 0.2) is 61.4 Å². The van der Waals surface area contributed by atoms with E-state index in [1.165, 1.54) is 12.1 Å². The van der Waals surface area contributed by atoms with Crippen LogP contribution in [0, 0.1) is 5.82 Å². The molecule has 2 N–H and O–H groups in total. The van der Waals surface area contributed by atoms with Gasteiger partial charge in [-0.05, 0) is 36.4 Å². The molecule has 9 heteroatoms. The average molecular weight is 402 g/mol. The number of nitrogens with one attached hydrogen (secondary N) is 2. The van der Waals surface area contributed by atoms with Gasteiger partial charge in [0.25, 0.3) is 0 Å². The van der Waals surface area contributed by atoms with Crippen molar-refractivity contribution in [3.05, 3.63) is 73.0 Å². The van der Waals surface area contributed by atoms with Crippen molar-refractivity contribution in [3.63, 3.8) is 0 Å². The first-order chi connectivity index (χ1) is 14.7. The van der Waals surface area contributed by atoms with Crippen LogP contribution in [0.5, 0.6) is 0 Å². The second-order valence-corrected chi connectivity index (χ2v) is 6.87. The highest BCUT2D eigenvalue weighted by molar-refractivity contribution is 5.77. The number of benzene rings is 1. The highest BCUT2D eigenvalue weighted by Gasteiger charge is 2.17. The summed E-state index contributed by atoms with van der Waals surface area (Å²) in [5.74, 6) is 0.461. The first-order valence-corrected chi connectivity index (χ1v) is 9.54. The number of imidazole rings is 3. The molecule has 4 heterocycles. The van der Waals surface area contributed by atoms with Crippen LogP contribution in [0.25, 0.3) is 28.3 Å². The Hall–Kier alpha value is -4.01. The molecular weight excluding hydrogens is 383 g/mol. The molecule has 0 bridgehead atoms. The molecule has 0 atom stereocenters. The highest BCUT2D eigenvalue weighted by atomic mass is 19.1. The summed E-state index contributed by atoms with van der Waals surface area (Å²) in [5.41, 5.74) is 4.98. The normalized spacial score (nSPS) is 11.3. The number of rotatable bonds is 6. The van der Waals surface area contributed by atoms with Gasteiger partial charge in [-0.3, -0.25) is 0 Å². The first-order valence-electron chi connectivity index (χ1n) is 9.54. The maximum Gasteiger partial charge on any atom is 0.156 e. The fourth-order valence-corrected chi connectivity index (χ4v) is 3.43. The Kier molecular flexibility index (Phi) is 4.47. The number of fused-ring (bicyclic) bond motifs is 1. The van der Waals surface area contributed by atoms with Crippen molar-refractivity contribution in [1.82, 2.24) is 34.1 Å². The van der Waals surface area contributed by atoms with Crippen LogP contribution in [0.4, 0.5) is 10.2 Å². The maximum atomic E-state index is 13.5. The summed E-state index contributed by atoms with van der Waals surface area (Å²) in [4.78, 5) is 16.3. The topological polar surface area (TPSA) is 88.7 Å². The highest BCUT2D eigenvalue weighted by Crippen LogP contribution is 2.30. The number of hydrogen-bond acceptors (Lipinski definition) is 5. The van der Waals surface area contributed by atoms with Crippen LogP contribution in [0.2, 0.25) is 0 Å². The van der Waals surface area contributed by atoms with Crippen LogP contribution in [-0.2, 0) is 13.0 Å². The number of nitrogens with zero attached hydrogens (tertiary/aromatic N) is 6. The number of H-pyrrole nitrogens is 1. The molecule has 150 valence electrons. The molecule has 30 heavy (non-hydrogen) atoms. The van der Waals surface area contributed by atoms with Crippen molar-refractivity contribution in [1.29, 1.82) is 0 Å². The summed E-state index contributed by atoms with van der Waals surface area (Å²) in [6, 6.07) is 10.2. The average Bonchev–Trinajstić information content (AvgIpc) is 3.51. The lowest BCUT2D eigenvalue weighted by atomic mass is 10.1. The van der Waals surface area contributed by atoms with Crippen molar-refractivity contribution in [3.8, 4) is 22.6 Å². The molecule has 0 spiro atoms. The Bertz CT molecular complexity index is 1280.